The molecular formula is C19H21NOS. The van der Waals surface area contributed by atoms with Crippen molar-refractivity contribution in [2.45, 2.75) is 13.5 Å². The van der Waals surface area contributed by atoms with Gasteiger partial charge in [-0.3, -0.25) is 0 Å². The van der Waals surface area contributed by atoms with E-state index >= 15 is 0 Å². The Balaban J connectivity index is 2.15. The number of likely N-dealkylation sites (N-methyl/N-ethyl adjacent to an activating group) is 1. The Morgan fingerprint density at radius 2 is 2.09 bits per heavy atom. The number of aromatic hydroxyl groups is 1. The Kier molecular flexibility index (Phi) is 5.23. The molecule has 2 nitrogen and oxygen atoms in total. The van der Waals surface area contributed by atoms with Crippen LogP contribution in [0.4, 0.5) is 0 Å². The summed E-state index contributed by atoms with van der Waals surface area (Å²) in [5.41, 5.74) is 3.11. The molecular weight excluding hydrogens is 290 g/mol. The van der Waals surface area contributed by atoms with E-state index in [0.29, 0.717) is 5.75 Å². The minimum atomic E-state index is 0.294. The third kappa shape index (κ3) is 4.12. The first kappa shape index (κ1) is 16.1. The minimum Gasteiger partial charge on any atom is -0.508 e. The van der Waals surface area contributed by atoms with Crippen molar-refractivity contribution in [3.05, 3.63) is 77.9 Å². The summed E-state index contributed by atoms with van der Waals surface area (Å²) in [7, 11) is 2.05. The van der Waals surface area contributed by atoms with Gasteiger partial charge in [-0.1, -0.05) is 30.9 Å². The number of nitrogens with zero attached hydrogens (tertiary/aromatic N) is 1. The van der Waals surface area contributed by atoms with Gasteiger partial charge in [0, 0.05) is 22.5 Å². The summed E-state index contributed by atoms with van der Waals surface area (Å²) in [6.07, 6.45) is 3.87. The first-order chi connectivity index (χ1) is 10.5. The Morgan fingerprint density at radius 1 is 1.32 bits per heavy atom. The lowest BCUT2D eigenvalue weighted by Crippen LogP contribution is -2.15. The average Bonchev–Trinajstić information content (AvgIpc) is 2.93. The Labute approximate surface area is 136 Å². The van der Waals surface area contributed by atoms with Crippen LogP contribution in [-0.2, 0) is 6.54 Å². The summed E-state index contributed by atoms with van der Waals surface area (Å²) >= 11 is 1.73. The number of hydrogen-bond acceptors (Lipinski definition) is 3. The van der Waals surface area contributed by atoms with E-state index in [1.807, 2.05) is 38.3 Å². The van der Waals surface area contributed by atoms with E-state index in [1.165, 1.54) is 4.88 Å². The van der Waals surface area contributed by atoms with Gasteiger partial charge in [-0.2, -0.15) is 0 Å². The maximum absolute atomic E-state index is 9.58. The van der Waals surface area contributed by atoms with E-state index in [1.54, 1.807) is 23.5 Å². The molecule has 0 bridgehead atoms. The maximum atomic E-state index is 9.58. The van der Waals surface area contributed by atoms with Crippen molar-refractivity contribution in [1.82, 2.24) is 4.90 Å². The third-order valence-electron chi connectivity index (χ3n) is 3.23. The minimum absolute atomic E-state index is 0.294. The van der Waals surface area contributed by atoms with Gasteiger partial charge in [0.1, 0.15) is 5.75 Å². The van der Waals surface area contributed by atoms with E-state index in [0.717, 1.165) is 28.3 Å². The zero-order valence-corrected chi connectivity index (χ0v) is 13.9. The Bertz CT molecular complexity index is 712. The molecule has 0 saturated heterocycles. The van der Waals surface area contributed by atoms with Crippen molar-refractivity contribution in [2.75, 3.05) is 7.05 Å². The molecule has 0 atom stereocenters. The standard InChI is InChI=1S/C19H21NOS/c1-5-16(11-14(2)3)20(4)13-18-9-10-19(22-18)15-7-6-8-17(21)12-15/h5-12,21H,1-2,13H2,3-4H3/b16-11+. The highest BCUT2D eigenvalue weighted by Gasteiger charge is 2.07. The molecule has 1 heterocycles. The largest absolute Gasteiger partial charge is 0.508 e. The quantitative estimate of drug-likeness (QED) is 0.741. The predicted octanol–water partition coefficient (Wildman–Crippen LogP) is 5.20. The van der Waals surface area contributed by atoms with E-state index in [9.17, 15) is 5.11 Å². The van der Waals surface area contributed by atoms with Crippen molar-refractivity contribution in [3.63, 3.8) is 0 Å². The van der Waals surface area contributed by atoms with Gasteiger partial charge in [0.05, 0.1) is 6.54 Å². The summed E-state index contributed by atoms with van der Waals surface area (Å²) in [4.78, 5) is 4.57. The molecule has 0 aliphatic heterocycles. The molecule has 1 aromatic heterocycles. The maximum Gasteiger partial charge on any atom is 0.116 e. The molecule has 114 valence electrons. The highest BCUT2D eigenvalue weighted by atomic mass is 32.1. The van der Waals surface area contributed by atoms with Gasteiger partial charge < -0.3 is 10.0 Å². The first-order valence-electron chi connectivity index (χ1n) is 7.08. The van der Waals surface area contributed by atoms with Crippen LogP contribution in [-0.4, -0.2) is 17.1 Å². The molecule has 0 fully saturated rings. The van der Waals surface area contributed by atoms with E-state index in [-0.39, 0.29) is 0 Å². The molecule has 1 N–H and O–H groups in total. The van der Waals surface area contributed by atoms with Crippen molar-refractivity contribution in [1.29, 1.82) is 0 Å². The summed E-state index contributed by atoms with van der Waals surface area (Å²) < 4.78 is 0. The van der Waals surface area contributed by atoms with Crippen molar-refractivity contribution >= 4 is 11.3 Å². The molecule has 0 aliphatic rings. The average molecular weight is 311 g/mol. The number of phenols is 1. The van der Waals surface area contributed by atoms with Crippen LogP contribution in [0.15, 0.2) is 73.0 Å². The second kappa shape index (κ2) is 7.14. The Hall–Kier alpha value is -2.26. The molecule has 3 heteroatoms. The van der Waals surface area contributed by atoms with Crippen LogP contribution < -0.4 is 0 Å². The lowest BCUT2D eigenvalue weighted by atomic mass is 10.2. The number of rotatable bonds is 6. The smallest absolute Gasteiger partial charge is 0.116 e. The van der Waals surface area contributed by atoms with Gasteiger partial charge >= 0.3 is 0 Å². The van der Waals surface area contributed by atoms with Crippen molar-refractivity contribution < 1.29 is 5.11 Å². The van der Waals surface area contributed by atoms with Crippen LogP contribution in [0, 0.1) is 0 Å². The number of hydrogen-bond donors (Lipinski definition) is 1. The van der Waals surface area contributed by atoms with Crippen molar-refractivity contribution in [2.24, 2.45) is 0 Å². The fraction of sp³-hybridized carbons (Fsp3) is 0.158. The molecule has 1 aromatic carbocycles. The summed E-state index contributed by atoms with van der Waals surface area (Å²) in [6.45, 7) is 10.6. The molecule has 2 aromatic rings. The second-order valence-electron chi connectivity index (χ2n) is 5.29. The molecule has 0 unspecified atom stereocenters. The number of phenolic OH excluding ortho intramolecular Hbond substituents is 1. The normalized spacial score (nSPS) is 11.3. The predicted molar refractivity (Wildman–Crippen MR) is 96.0 cm³/mol. The van der Waals surface area contributed by atoms with E-state index in [2.05, 4.69) is 30.2 Å². The second-order valence-corrected chi connectivity index (χ2v) is 6.46. The molecule has 22 heavy (non-hydrogen) atoms. The van der Waals surface area contributed by atoms with Gasteiger partial charge in [-0.05, 0) is 48.9 Å². The highest BCUT2D eigenvalue weighted by Crippen LogP contribution is 2.31. The van der Waals surface area contributed by atoms with Crippen LogP contribution in [0.5, 0.6) is 5.75 Å². The monoisotopic (exact) mass is 311 g/mol. The highest BCUT2D eigenvalue weighted by molar-refractivity contribution is 7.15. The summed E-state index contributed by atoms with van der Waals surface area (Å²) in [5, 5.41) is 9.58. The van der Waals surface area contributed by atoms with Gasteiger partial charge in [0.15, 0.2) is 0 Å². The van der Waals surface area contributed by atoms with Crippen LogP contribution >= 0.6 is 11.3 Å². The fourth-order valence-corrected chi connectivity index (χ4v) is 3.24. The van der Waals surface area contributed by atoms with E-state index < -0.39 is 0 Å². The number of benzene rings is 1. The zero-order chi connectivity index (χ0) is 16.1. The number of allylic oxidation sites excluding steroid dienone is 3. The van der Waals surface area contributed by atoms with Crippen LogP contribution in [0.3, 0.4) is 0 Å². The van der Waals surface area contributed by atoms with Crippen LogP contribution in [0.1, 0.15) is 11.8 Å². The molecule has 0 radical (unpaired) electrons. The number of thiophene rings is 1. The first-order valence-corrected chi connectivity index (χ1v) is 7.90. The summed E-state index contributed by atoms with van der Waals surface area (Å²) in [6, 6.07) is 11.6. The van der Waals surface area contributed by atoms with Gasteiger partial charge in [-0.15, -0.1) is 11.3 Å². The van der Waals surface area contributed by atoms with E-state index in [4.69, 9.17) is 0 Å². The van der Waals surface area contributed by atoms with Gasteiger partial charge in [0.25, 0.3) is 0 Å². The van der Waals surface area contributed by atoms with Crippen LogP contribution in [0.25, 0.3) is 10.4 Å². The SMILES string of the molecule is C=C/C(=C\C(=C)C)N(C)Cc1ccc(-c2cccc(O)c2)s1. The lowest BCUT2D eigenvalue weighted by Gasteiger charge is -2.19. The molecule has 0 saturated carbocycles. The Morgan fingerprint density at radius 3 is 2.73 bits per heavy atom. The molecule has 0 aliphatic carbocycles. The molecule has 0 amide bonds. The van der Waals surface area contributed by atoms with Crippen molar-refractivity contribution in [3.8, 4) is 16.2 Å². The molecule has 2 rings (SSSR count). The fourth-order valence-electron chi connectivity index (χ4n) is 2.18. The van der Waals surface area contributed by atoms with Gasteiger partial charge in [0.2, 0.25) is 0 Å². The zero-order valence-electron chi connectivity index (χ0n) is 13.0. The molecule has 0 spiro atoms. The third-order valence-corrected chi connectivity index (χ3v) is 4.35. The van der Waals surface area contributed by atoms with Crippen LogP contribution in [0.2, 0.25) is 0 Å². The lowest BCUT2D eigenvalue weighted by molar-refractivity contribution is 0.428. The summed E-state index contributed by atoms with van der Waals surface area (Å²) in [5.74, 6) is 0.294. The topological polar surface area (TPSA) is 23.5 Å². The van der Waals surface area contributed by atoms with Gasteiger partial charge in [-0.25, -0.2) is 0 Å².